The van der Waals surface area contributed by atoms with Crippen molar-refractivity contribution < 1.29 is 62.5 Å². The lowest BCUT2D eigenvalue weighted by Crippen LogP contribution is -2.62. The molecule has 20 heteroatoms. The van der Waals surface area contributed by atoms with Crippen molar-refractivity contribution in [1.29, 1.82) is 0 Å². The topological polar surface area (TPSA) is 251 Å². The van der Waals surface area contributed by atoms with Crippen molar-refractivity contribution in [2.24, 2.45) is 29.6 Å². The fourth-order valence-electron chi connectivity index (χ4n) is 11.2. The summed E-state index contributed by atoms with van der Waals surface area (Å²) in [5.41, 5.74) is -0.501. The Kier molecular flexibility index (Phi) is 21.3. The van der Waals surface area contributed by atoms with Gasteiger partial charge in [-0.1, -0.05) is 87.8 Å². The summed E-state index contributed by atoms with van der Waals surface area (Å²) in [6.07, 6.45) is -2.34. The number of ether oxygens (including phenoxy) is 3. The standard InChI is InChI=1S/C56H87N7O13/c1-14-35(10)45-43(64)30-44(65)76-47(33(6)7)50(68)57-39(27-31(2)3)52(70)61-24-15-17-40(61)53(71)60(12)42(29-37-18-20-38(74-13)21-19-37)54(72)75-36(11)46(49(67)58-45)59-48(66)41(28-32(4)5)62-26-23-56(55(62)73)22-16-25-63(56)51(69)34(8)9/h18-21,31-36,39-43,45-47,64H,14-17,22-30H2,1-13H3,(H,57,68)(H,58,67)(H,59,66)/t35-,36+,39-,40-,41?,42-,43-,45+,46-,47-,56?/m0/s1. The number of nitrogens with one attached hydrogen (secondary N) is 3. The van der Waals surface area contributed by atoms with Crippen LogP contribution in [0.15, 0.2) is 24.3 Å². The van der Waals surface area contributed by atoms with Crippen molar-refractivity contribution in [2.75, 3.05) is 33.8 Å². The van der Waals surface area contributed by atoms with Gasteiger partial charge in [-0.05, 0) is 93.2 Å². The quantitative estimate of drug-likeness (QED) is 0.195. The Bertz CT molecular complexity index is 2260. The van der Waals surface area contributed by atoms with Crippen LogP contribution in [0.3, 0.4) is 0 Å². The zero-order valence-corrected chi connectivity index (χ0v) is 47.2. The first-order valence-corrected chi connectivity index (χ1v) is 27.6. The van der Waals surface area contributed by atoms with Gasteiger partial charge in [0.1, 0.15) is 47.6 Å². The Balaban J connectivity index is 1.61. The number of aliphatic hydroxyl groups is 1. The van der Waals surface area contributed by atoms with E-state index < -0.39 is 120 Å². The lowest BCUT2D eigenvalue weighted by Gasteiger charge is -2.37. The highest BCUT2D eigenvalue weighted by Gasteiger charge is 2.57. The second-order valence-corrected chi connectivity index (χ2v) is 23.0. The molecule has 11 atom stereocenters. The Morgan fingerprint density at radius 2 is 1.53 bits per heavy atom. The van der Waals surface area contributed by atoms with E-state index in [1.54, 1.807) is 63.8 Å². The van der Waals surface area contributed by atoms with E-state index in [1.807, 2.05) is 34.6 Å². The highest BCUT2D eigenvalue weighted by Crippen LogP contribution is 2.41. The maximum absolute atomic E-state index is 15.0. The number of carbonyl (C=O) groups is 9. The molecule has 1 aromatic rings. The molecule has 0 saturated carbocycles. The molecule has 424 valence electrons. The Morgan fingerprint density at radius 1 is 0.855 bits per heavy atom. The average Bonchev–Trinajstić information content (AvgIpc) is 4.12. The number of rotatable bonds is 14. The predicted molar refractivity (Wildman–Crippen MR) is 282 cm³/mol. The lowest BCUT2D eigenvalue weighted by atomic mass is 9.92. The van der Waals surface area contributed by atoms with Crippen LogP contribution in [0.4, 0.5) is 0 Å². The van der Waals surface area contributed by atoms with Gasteiger partial charge in [-0.2, -0.15) is 0 Å². The van der Waals surface area contributed by atoms with Crippen LogP contribution >= 0.6 is 0 Å². The van der Waals surface area contributed by atoms with E-state index in [2.05, 4.69) is 16.0 Å². The minimum Gasteiger partial charge on any atom is -0.497 e. The Hall–Kier alpha value is -5.79. The largest absolute Gasteiger partial charge is 0.497 e. The van der Waals surface area contributed by atoms with Gasteiger partial charge >= 0.3 is 11.9 Å². The molecule has 2 unspecified atom stereocenters. The third-order valence-electron chi connectivity index (χ3n) is 15.7. The molecular weight excluding hydrogens is 979 g/mol. The van der Waals surface area contributed by atoms with Gasteiger partial charge in [0, 0.05) is 39.0 Å². The second-order valence-electron chi connectivity index (χ2n) is 23.0. The summed E-state index contributed by atoms with van der Waals surface area (Å²) in [7, 11) is 2.95. The van der Waals surface area contributed by atoms with E-state index in [4.69, 9.17) is 14.2 Å². The summed E-state index contributed by atoms with van der Waals surface area (Å²) in [4.78, 5) is 136. The maximum Gasteiger partial charge on any atom is 0.329 e. The number of cyclic esters (lactones) is 2. The molecule has 4 N–H and O–H groups in total. The number of hydrogen-bond donors (Lipinski definition) is 4. The number of benzene rings is 1. The van der Waals surface area contributed by atoms with Crippen molar-refractivity contribution in [3.63, 3.8) is 0 Å². The van der Waals surface area contributed by atoms with Crippen LogP contribution < -0.4 is 20.7 Å². The van der Waals surface area contributed by atoms with Gasteiger partial charge in [0.05, 0.1) is 25.7 Å². The average molecular weight is 1070 g/mol. The van der Waals surface area contributed by atoms with Crippen LogP contribution in [0.1, 0.15) is 140 Å². The summed E-state index contributed by atoms with van der Waals surface area (Å²) in [6, 6.07) is -0.584. The monoisotopic (exact) mass is 1070 g/mol. The highest BCUT2D eigenvalue weighted by molar-refractivity contribution is 5.99. The van der Waals surface area contributed by atoms with Crippen molar-refractivity contribution in [1.82, 2.24) is 35.6 Å². The van der Waals surface area contributed by atoms with E-state index in [0.717, 1.165) is 0 Å². The molecular formula is C56H87N7O13. The van der Waals surface area contributed by atoms with Gasteiger partial charge in [-0.15, -0.1) is 0 Å². The second kappa shape index (κ2) is 26.5. The highest BCUT2D eigenvalue weighted by atomic mass is 16.6. The number of carbonyl (C=O) groups excluding carboxylic acids is 9. The van der Waals surface area contributed by atoms with E-state index >= 15 is 9.59 Å². The molecule has 4 fully saturated rings. The normalized spacial score (nSPS) is 28.6. The molecule has 4 saturated heterocycles. The molecule has 7 amide bonds. The predicted octanol–water partition coefficient (Wildman–Crippen LogP) is 3.53. The van der Waals surface area contributed by atoms with Gasteiger partial charge in [-0.25, -0.2) is 4.79 Å². The minimum atomic E-state index is -1.68. The zero-order chi connectivity index (χ0) is 56.5. The summed E-state index contributed by atoms with van der Waals surface area (Å²) < 4.78 is 17.3. The van der Waals surface area contributed by atoms with E-state index in [-0.39, 0.29) is 68.3 Å². The molecule has 1 aromatic carbocycles. The van der Waals surface area contributed by atoms with Crippen molar-refractivity contribution in [2.45, 2.75) is 200 Å². The molecule has 1 spiro atoms. The van der Waals surface area contributed by atoms with Gasteiger partial charge in [0.2, 0.25) is 35.4 Å². The zero-order valence-electron chi connectivity index (χ0n) is 47.2. The van der Waals surface area contributed by atoms with Gasteiger partial charge in [0.25, 0.3) is 5.91 Å². The van der Waals surface area contributed by atoms with Crippen LogP contribution in [-0.4, -0.2) is 172 Å². The number of nitrogens with zero attached hydrogens (tertiary/aromatic N) is 4. The van der Waals surface area contributed by atoms with Crippen molar-refractivity contribution >= 4 is 53.3 Å². The number of aliphatic hydroxyl groups excluding tert-OH is 1. The third kappa shape index (κ3) is 14.2. The Morgan fingerprint density at radius 3 is 2.12 bits per heavy atom. The van der Waals surface area contributed by atoms with Gasteiger partial charge < -0.3 is 54.9 Å². The van der Waals surface area contributed by atoms with Crippen LogP contribution in [0.25, 0.3) is 0 Å². The first-order valence-electron chi connectivity index (χ1n) is 27.6. The number of hydrogen-bond acceptors (Lipinski definition) is 13. The van der Waals surface area contributed by atoms with Crippen LogP contribution in [0, 0.1) is 29.6 Å². The number of esters is 2. The summed E-state index contributed by atoms with van der Waals surface area (Å²) >= 11 is 0. The molecule has 4 aliphatic rings. The molecule has 0 aromatic heterocycles. The first-order chi connectivity index (χ1) is 35.8. The molecule has 20 nitrogen and oxygen atoms in total. The van der Waals surface area contributed by atoms with Crippen molar-refractivity contribution in [3.05, 3.63) is 29.8 Å². The fraction of sp³-hybridized carbons (Fsp3) is 0.732. The van der Waals surface area contributed by atoms with E-state index in [0.29, 0.717) is 50.0 Å². The summed E-state index contributed by atoms with van der Waals surface area (Å²) in [5, 5.41) is 20.3. The summed E-state index contributed by atoms with van der Waals surface area (Å²) in [6.45, 7) is 20.2. The smallest absolute Gasteiger partial charge is 0.329 e. The molecule has 0 aliphatic carbocycles. The first kappa shape index (κ1) is 61.1. The molecule has 5 rings (SSSR count). The number of fused-ring (bicyclic) bond motifs is 1. The van der Waals surface area contributed by atoms with Gasteiger partial charge in [0.15, 0.2) is 6.10 Å². The minimum absolute atomic E-state index is 0.0772. The molecule has 0 radical (unpaired) electrons. The molecule has 0 bridgehead atoms. The number of likely N-dealkylation sites (N-methyl/N-ethyl adjacent to an activating group) is 1. The van der Waals surface area contributed by atoms with Gasteiger partial charge in [-0.3, -0.25) is 38.4 Å². The van der Waals surface area contributed by atoms with Crippen LogP contribution in [0.2, 0.25) is 0 Å². The van der Waals surface area contributed by atoms with E-state index in [9.17, 15) is 38.7 Å². The number of likely N-dealkylation sites (tertiary alicyclic amines) is 2. The number of amides is 7. The Labute approximate surface area is 449 Å². The van der Waals surface area contributed by atoms with Crippen LogP contribution in [0.5, 0.6) is 5.75 Å². The summed E-state index contributed by atoms with van der Waals surface area (Å²) in [5.74, 6) is -6.95. The number of methoxy groups -OCH3 is 1. The van der Waals surface area contributed by atoms with Crippen molar-refractivity contribution in [3.8, 4) is 5.75 Å². The third-order valence-corrected chi connectivity index (χ3v) is 15.7. The van der Waals surface area contributed by atoms with E-state index in [1.165, 1.54) is 35.8 Å². The lowest BCUT2D eigenvalue weighted by molar-refractivity contribution is -0.162. The maximum atomic E-state index is 15.0. The fourth-order valence-corrected chi connectivity index (χ4v) is 11.2. The van der Waals surface area contributed by atoms with Crippen LogP contribution in [-0.2, 0) is 59.0 Å². The molecule has 4 heterocycles. The molecule has 76 heavy (non-hydrogen) atoms. The molecule has 4 aliphatic heterocycles. The SMILES string of the molecule is CC[C@H](C)[C@H]1NC(=O)[C@@H](NC(=O)C(CC(C)C)N2CCC3(CCCN3C(=O)C(C)C)C2=O)[C@@H](C)OC(=O)[C@H](Cc2ccc(OC)cc2)N(C)C(=O)[C@@H]2CCCN2C(=O)[C@H](CC(C)C)NC(=O)[C@H](C(C)C)OC(=O)C[C@@H]1O.